The summed E-state index contributed by atoms with van der Waals surface area (Å²) in [6, 6.07) is 6.92. The van der Waals surface area contributed by atoms with Crippen LogP contribution < -0.4 is 5.32 Å². The predicted molar refractivity (Wildman–Crippen MR) is 97.7 cm³/mol. The van der Waals surface area contributed by atoms with Gasteiger partial charge in [-0.2, -0.15) is 0 Å². The molecule has 3 rings (SSSR count). The molecule has 2 amide bonds. The highest BCUT2D eigenvalue weighted by molar-refractivity contribution is 6.30. The van der Waals surface area contributed by atoms with Crippen LogP contribution in [0.25, 0.3) is 0 Å². The van der Waals surface area contributed by atoms with Crippen LogP contribution in [0.3, 0.4) is 0 Å². The quantitative estimate of drug-likeness (QED) is 0.799. The summed E-state index contributed by atoms with van der Waals surface area (Å²) < 4.78 is 5.30. The van der Waals surface area contributed by atoms with Crippen molar-refractivity contribution < 1.29 is 19.1 Å². The van der Waals surface area contributed by atoms with Gasteiger partial charge in [-0.1, -0.05) is 24.4 Å². The zero-order valence-corrected chi connectivity index (χ0v) is 15.5. The van der Waals surface area contributed by atoms with Gasteiger partial charge in [-0.05, 0) is 44.0 Å². The Hall–Kier alpha value is -2.08. The van der Waals surface area contributed by atoms with Crippen LogP contribution in [-0.4, -0.2) is 41.4 Å². The third kappa shape index (κ3) is 4.36. The van der Waals surface area contributed by atoms with Gasteiger partial charge in [0.25, 0.3) is 5.91 Å². The summed E-state index contributed by atoms with van der Waals surface area (Å²) in [6.07, 6.45) is 3.51. The number of rotatable bonds is 5. The minimum absolute atomic E-state index is 0.0112. The van der Waals surface area contributed by atoms with Crippen molar-refractivity contribution in [3.8, 4) is 0 Å². The van der Waals surface area contributed by atoms with Gasteiger partial charge in [-0.3, -0.25) is 14.4 Å². The molecule has 2 fully saturated rings. The molecule has 140 valence electrons. The summed E-state index contributed by atoms with van der Waals surface area (Å²) >= 11 is 5.81. The third-order valence-corrected chi connectivity index (χ3v) is 5.28. The number of carbonyl (C=O) groups excluding carboxylic acids is 3. The molecule has 26 heavy (non-hydrogen) atoms. The Kier molecular flexibility index (Phi) is 5.81. The van der Waals surface area contributed by atoms with E-state index in [1.54, 1.807) is 24.3 Å². The number of amides is 2. The molecule has 1 saturated carbocycles. The van der Waals surface area contributed by atoms with Crippen LogP contribution in [0.1, 0.15) is 39.0 Å². The number of esters is 1. The van der Waals surface area contributed by atoms with E-state index in [0.717, 1.165) is 25.7 Å². The zero-order valence-electron chi connectivity index (χ0n) is 14.7. The van der Waals surface area contributed by atoms with Gasteiger partial charge in [0.2, 0.25) is 5.91 Å². The molecule has 0 bridgehead atoms. The van der Waals surface area contributed by atoms with Gasteiger partial charge in [0.05, 0.1) is 5.92 Å². The van der Waals surface area contributed by atoms with E-state index in [9.17, 15) is 14.4 Å². The van der Waals surface area contributed by atoms with Gasteiger partial charge in [0.15, 0.2) is 6.10 Å². The lowest BCUT2D eigenvalue weighted by atomic mass is 10.1. The molecule has 2 aliphatic rings. The van der Waals surface area contributed by atoms with E-state index in [0.29, 0.717) is 17.3 Å². The lowest BCUT2D eigenvalue weighted by molar-refractivity contribution is -0.157. The number of anilines is 1. The fourth-order valence-electron chi connectivity index (χ4n) is 3.56. The smallest absolute Gasteiger partial charge is 0.312 e. The van der Waals surface area contributed by atoms with E-state index in [2.05, 4.69) is 5.32 Å². The number of nitrogens with one attached hydrogen (secondary N) is 1. The number of likely N-dealkylation sites (tertiary alicyclic amines) is 1. The summed E-state index contributed by atoms with van der Waals surface area (Å²) in [5.74, 6) is -1.39. The zero-order chi connectivity index (χ0) is 18.7. The van der Waals surface area contributed by atoms with Gasteiger partial charge < -0.3 is 15.0 Å². The van der Waals surface area contributed by atoms with E-state index >= 15 is 0 Å². The molecule has 1 aromatic carbocycles. The molecule has 1 saturated heterocycles. The molecule has 0 aromatic heterocycles. The standard InChI is InChI=1S/C19H23ClN2O4/c1-12(18(24)21-15-8-6-14(20)7-9-15)26-19(25)13-10-17(23)22(11-13)16-4-2-3-5-16/h6-9,12-13,16H,2-5,10-11H2,1H3,(H,21,24)/t12-,13+/m1/s1. The third-order valence-electron chi connectivity index (χ3n) is 5.03. The molecule has 1 N–H and O–H groups in total. The number of halogens is 1. The van der Waals surface area contributed by atoms with Crippen LogP contribution in [0.2, 0.25) is 5.02 Å². The van der Waals surface area contributed by atoms with Crippen molar-refractivity contribution in [2.75, 3.05) is 11.9 Å². The summed E-state index contributed by atoms with van der Waals surface area (Å²) in [6.45, 7) is 1.92. The first-order chi connectivity index (χ1) is 12.4. The molecule has 0 spiro atoms. The lowest BCUT2D eigenvalue weighted by Crippen LogP contribution is -2.36. The first-order valence-electron chi connectivity index (χ1n) is 9.00. The second-order valence-electron chi connectivity index (χ2n) is 6.96. The molecule has 1 aliphatic heterocycles. The molecule has 7 heteroatoms. The Balaban J connectivity index is 1.51. The minimum Gasteiger partial charge on any atom is -0.452 e. The van der Waals surface area contributed by atoms with E-state index in [-0.39, 0.29) is 18.4 Å². The van der Waals surface area contributed by atoms with Crippen molar-refractivity contribution in [1.82, 2.24) is 4.90 Å². The van der Waals surface area contributed by atoms with Gasteiger partial charge >= 0.3 is 5.97 Å². The van der Waals surface area contributed by atoms with Crippen molar-refractivity contribution in [3.63, 3.8) is 0 Å². The van der Waals surface area contributed by atoms with Crippen LogP contribution in [0.5, 0.6) is 0 Å². The topological polar surface area (TPSA) is 75.7 Å². The Bertz CT molecular complexity index is 685. The number of ether oxygens (including phenoxy) is 1. The maximum atomic E-state index is 12.4. The molecule has 2 atom stereocenters. The average Bonchev–Trinajstić information content (AvgIpc) is 3.26. The van der Waals surface area contributed by atoms with Crippen LogP contribution >= 0.6 is 11.6 Å². The second kappa shape index (κ2) is 8.08. The second-order valence-corrected chi connectivity index (χ2v) is 7.40. The van der Waals surface area contributed by atoms with Crippen LogP contribution in [-0.2, 0) is 19.1 Å². The van der Waals surface area contributed by atoms with Crippen molar-refractivity contribution in [3.05, 3.63) is 29.3 Å². The number of hydrogen-bond acceptors (Lipinski definition) is 4. The maximum Gasteiger partial charge on any atom is 0.312 e. The lowest BCUT2D eigenvalue weighted by Gasteiger charge is -2.24. The van der Waals surface area contributed by atoms with Gasteiger partial charge in [0.1, 0.15) is 0 Å². The summed E-state index contributed by atoms with van der Waals surface area (Å²) in [5, 5.41) is 3.24. The van der Waals surface area contributed by atoms with E-state index in [4.69, 9.17) is 16.3 Å². The minimum atomic E-state index is -0.936. The fourth-order valence-corrected chi connectivity index (χ4v) is 3.69. The SMILES string of the molecule is C[C@@H](OC(=O)[C@H]1CC(=O)N(C2CCCC2)C1)C(=O)Nc1ccc(Cl)cc1. The first kappa shape index (κ1) is 18.7. The molecule has 6 nitrogen and oxygen atoms in total. The van der Waals surface area contributed by atoms with E-state index in [1.165, 1.54) is 6.92 Å². The monoisotopic (exact) mass is 378 g/mol. The predicted octanol–water partition coefficient (Wildman–Crippen LogP) is 3.00. The fraction of sp³-hybridized carbons (Fsp3) is 0.526. The molecule has 0 unspecified atom stereocenters. The van der Waals surface area contributed by atoms with Gasteiger partial charge in [-0.25, -0.2) is 0 Å². The Labute approximate surface area is 157 Å². The Morgan fingerprint density at radius 2 is 1.88 bits per heavy atom. The number of carbonyl (C=O) groups is 3. The van der Waals surface area contributed by atoms with Crippen LogP contribution in [0.15, 0.2) is 24.3 Å². The summed E-state index contributed by atoms with van der Waals surface area (Å²) in [7, 11) is 0. The molecular weight excluding hydrogens is 356 g/mol. The number of hydrogen-bond donors (Lipinski definition) is 1. The summed E-state index contributed by atoms with van der Waals surface area (Å²) in [4.78, 5) is 38.6. The average molecular weight is 379 g/mol. The highest BCUT2D eigenvalue weighted by atomic mass is 35.5. The molecule has 1 heterocycles. The molecule has 1 aromatic rings. The molecule has 1 aliphatic carbocycles. The Morgan fingerprint density at radius 3 is 2.54 bits per heavy atom. The Morgan fingerprint density at radius 1 is 1.23 bits per heavy atom. The number of nitrogens with zero attached hydrogens (tertiary/aromatic N) is 1. The highest BCUT2D eigenvalue weighted by Crippen LogP contribution is 2.30. The van der Waals surface area contributed by atoms with Crippen molar-refractivity contribution in [2.24, 2.45) is 5.92 Å². The van der Waals surface area contributed by atoms with E-state index in [1.807, 2.05) is 4.90 Å². The largest absolute Gasteiger partial charge is 0.452 e. The van der Waals surface area contributed by atoms with Gasteiger partial charge in [-0.15, -0.1) is 0 Å². The van der Waals surface area contributed by atoms with Gasteiger partial charge in [0, 0.05) is 29.7 Å². The number of benzene rings is 1. The van der Waals surface area contributed by atoms with Crippen molar-refractivity contribution in [2.45, 2.75) is 51.2 Å². The van der Waals surface area contributed by atoms with Crippen LogP contribution in [0.4, 0.5) is 5.69 Å². The molecular formula is C19H23ClN2O4. The van der Waals surface area contributed by atoms with Crippen molar-refractivity contribution in [1.29, 1.82) is 0 Å². The first-order valence-corrected chi connectivity index (χ1v) is 9.38. The highest BCUT2D eigenvalue weighted by Gasteiger charge is 2.40. The van der Waals surface area contributed by atoms with Crippen molar-refractivity contribution >= 4 is 35.1 Å². The normalized spacial score (nSPS) is 21.7. The molecule has 0 radical (unpaired) electrons. The van der Waals surface area contributed by atoms with E-state index < -0.39 is 23.9 Å². The summed E-state index contributed by atoms with van der Waals surface area (Å²) in [5.41, 5.74) is 0.575. The maximum absolute atomic E-state index is 12.4. The van der Waals surface area contributed by atoms with Crippen LogP contribution in [0, 0.1) is 5.92 Å².